The predicted octanol–water partition coefficient (Wildman–Crippen LogP) is 5.07. The van der Waals surface area contributed by atoms with E-state index in [1.54, 1.807) is 0 Å². The van der Waals surface area contributed by atoms with E-state index in [0.29, 0.717) is 11.0 Å². The van der Waals surface area contributed by atoms with E-state index in [1.165, 1.54) is 37.7 Å². The van der Waals surface area contributed by atoms with Crippen molar-refractivity contribution in [1.82, 2.24) is 0 Å². The van der Waals surface area contributed by atoms with Gasteiger partial charge in [-0.2, -0.15) is 11.8 Å². The number of allylic oxidation sites excluding steroid dienone is 3. The van der Waals surface area contributed by atoms with Crippen molar-refractivity contribution < 1.29 is 4.79 Å². The molecule has 106 valence electrons. The molecule has 0 radical (unpaired) electrons. The standard InChI is InChI=1S/C17H26OS/c1-3-4-6-11-15-13(2)17(12-16(15)18)19-14-9-7-5-8-10-14/h4,6,14,17H,3,5,7-12H2,1-2H3/b6-4-. The van der Waals surface area contributed by atoms with Crippen molar-refractivity contribution in [3.05, 3.63) is 23.3 Å². The topological polar surface area (TPSA) is 17.1 Å². The van der Waals surface area contributed by atoms with Crippen LogP contribution in [0.1, 0.15) is 65.2 Å². The molecule has 1 unspecified atom stereocenters. The van der Waals surface area contributed by atoms with Gasteiger partial charge in [0.05, 0.1) is 0 Å². The summed E-state index contributed by atoms with van der Waals surface area (Å²) in [7, 11) is 0. The van der Waals surface area contributed by atoms with Gasteiger partial charge in [-0.25, -0.2) is 0 Å². The zero-order valence-corrected chi connectivity index (χ0v) is 13.1. The second-order valence-electron chi connectivity index (χ2n) is 5.76. The van der Waals surface area contributed by atoms with Gasteiger partial charge in [0, 0.05) is 16.9 Å². The number of hydrogen-bond acceptors (Lipinski definition) is 2. The van der Waals surface area contributed by atoms with Crippen LogP contribution in [0, 0.1) is 0 Å². The van der Waals surface area contributed by atoms with Crippen molar-refractivity contribution in [1.29, 1.82) is 0 Å². The Bertz CT molecular complexity index is 375. The van der Waals surface area contributed by atoms with Crippen molar-refractivity contribution in [2.24, 2.45) is 0 Å². The average molecular weight is 278 g/mol. The van der Waals surface area contributed by atoms with Gasteiger partial charge in [-0.1, -0.05) is 43.9 Å². The molecule has 1 fully saturated rings. The Hall–Kier alpha value is -0.500. The van der Waals surface area contributed by atoms with E-state index in [-0.39, 0.29) is 0 Å². The Morgan fingerprint density at radius 2 is 1.95 bits per heavy atom. The summed E-state index contributed by atoms with van der Waals surface area (Å²) in [4.78, 5) is 12.1. The highest BCUT2D eigenvalue weighted by Crippen LogP contribution is 2.40. The fourth-order valence-corrected chi connectivity index (χ4v) is 4.75. The van der Waals surface area contributed by atoms with Gasteiger partial charge >= 0.3 is 0 Å². The van der Waals surface area contributed by atoms with Crippen LogP contribution in [0.5, 0.6) is 0 Å². The fourth-order valence-electron chi connectivity index (χ4n) is 3.09. The Labute approximate surface area is 121 Å². The van der Waals surface area contributed by atoms with Gasteiger partial charge in [0.1, 0.15) is 0 Å². The first-order valence-corrected chi connectivity index (χ1v) is 8.70. The molecule has 19 heavy (non-hydrogen) atoms. The number of thioether (sulfide) groups is 1. The molecule has 0 bridgehead atoms. The van der Waals surface area contributed by atoms with Gasteiger partial charge in [-0.15, -0.1) is 0 Å². The number of carbonyl (C=O) groups excluding carboxylic acids is 1. The molecule has 2 heteroatoms. The number of rotatable bonds is 5. The lowest BCUT2D eigenvalue weighted by molar-refractivity contribution is -0.114. The smallest absolute Gasteiger partial charge is 0.160 e. The summed E-state index contributed by atoms with van der Waals surface area (Å²) in [6.07, 6.45) is 13.9. The van der Waals surface area contributed by atoms with Crippen LogP contribution in [-0.4, -0.2) is 16.3 Å². The van der Waals surface area contributed by atoms with Crippen molar-refractivity contribution >= 4 is 17.5 Å². The Morgan fingerprint density at radius 1 is 1.21 bits per heavy atom. The third kappa shape index (κ3) is 3.98. The summed E-state index contributed by atoms with van der Waals surface area (Å²) in [5.41, 5.74) is 2.46. The van der Waals surface area contributed by atoms with Gasteiger partial charge < -0.3 is 0 Å². The first-order valence-electron chi connectivity index (χ1n) is 7.75. The first-order chi connectivity index (χ1) is 9.22. The lowest BCUT2D eigenvalue weighted by atomic mass is 10.0. The molecule has 2 aliphatic carbocycles. The van der Waals surface area contributed by atoms with Crippen LogP contribution in [0.25, 0.3) is 0 Å². The molecule has 1 atom stereocenters. The molecule has 1 nitrogen and oxygen atoms in total. The highest BCUT2D eigenvalue weighted by molar-refractivity contribution is 8.00. The second-order valence-corrected chi connectivity index (χ2v) is 7.27. The molecule has 0 saturated heterocycles. The van der Waals surface area contributed by atoms with Gasteiger partial charge in [-0.05, 0) is 38.2 Å². The maximum absolute atomic E-state index is 12.1. The predicted molar refractivity (Wildman–Crippen MR) is 84.6 cm³/mol. The molecule has 0 aromatic carbocycles. The summed E-state index contributed by atoms with van der Waals surface area (Å²) >= 11 is 2.08. The number of carbonyl (C=O) groups is 1. The van der Waals surface area contributed by atoms with Crippen molar-refractivity contribution in [2.75, 3.05) is 0 Å². The summed E-state index contributed by atoms with van der Waals surface area (Å²) in [6, 6.07) is 0. The molecular weight excluding hydrogens is 252 g/mol. The van der Waals surface area contributed by atoms with Crippen molar-refractivity contribution in [3.8, 4) is 0 Å². The number of hydrogen-bond donors (Lipinski definition) is 0. The molecule has 2 aliphatic rings. The molecule has 2 rings (SSSR count). The molecule has 1 saturated carbocycles. The van der Waals surface area contributed by atoms with E-state index in [4.69, 9.17) is 0 Å². The van der Waals surface area contributed by atoms with E-state index in [9.17, 15) is 4.79 Å². The van der Waals surface area contributed by atoms with Gasteiger partial charge in [0.25, 0.3) is 0 Å². The van der Waals surface area contributed by atoms with E-state index in [1.807, 2.05) is 0 Å². The minimum absolute atomic E-state index is 0.395. The summed E-state index contributed by atoms with van der Waals surface area (Å²) in [6.45, 7) is 4.32. The molecule has 0 amide bonds. The average Bonchev–Trinajstić information content (AvgIpc) is 2.68. The van der Waals surface area contributed by atoms with E-state index < -0.39 is 0 Å². The first kappa shape index (κ1) is 14.9. The van der Waals surface area contributed by atoms with Crippen molar-refractivity contribution in [2.45, 2.75) is 75.7 Å². The SMILES string of the molecule is CC/C=C\CC1=C(C)C(SC2CCCCC2)CC1=O. The van der Waals surface area contributed by atoms with Crippen LogP contribution in [0.2, 0.25) is 0 Å². The minimum atomic E-state index is 0.395. The third-order valence-electron chi connectivity index (χ3n) is 4.30. The minimum Gasteiger partial charge on any atom is -0.294 e. The van der Waals surface area contributed by atoms with Crippen LogP contribution in [0.15, 0.2) is 23.3 Å². The molecule has 0 aromatic heterocycles. The number of ketones is 1. The summed E-state index contributed by atoms with van der Waals surface area (Å²) in [5.74, 6) is 0.395. The molecule has 0 N–H and O–H groups in total. The highest BCUT2D eigenvalue weighted by atomic mass is 32.2. The zero-order chi connectivity index (χ0) is 13.7. The maximum atomic E-state index is 12.1. The largest absolute Gasteiger partial charge is 0.294 e. The van der Waals surface area contributed by atoms with Crippen LogP contribution in [0.4, 0.5) is 0 Å². The molecule has 0 spiro atoms. The normalized spacial score (nSPS) is 25.8. The van der Waals surface area contributed by atoms with E-state index in [0.717, 1.165) is 30.1 Å². The van der Waals surface area contributed by atoms with Crippen LogP contribution < -0.4 is 0 Å². The van der Waals surface area contributed by atoms with E-state index in [2.05, 4.69) is 37.8 Å². The van der Waals surface area contributed by atoms with Crippen LogP contribution >= 0.6 is 11.8 Å². The highest BCUT2D eigenvalue weighted by Gasteiger charge is 2.31. The van der Waals surface area contributed by atoms with Crippen LogP contribution in [-0.2, 0) is 4.79 Å². The molecular formula is C17H26OS. The zero-order valence-electron chi connectivity index (χ0n) is 12.3. The maximum Gasteiger partial charge on any atom is 0.160 e. The van der Waals surface area contributed by atoms with Gasteiger partial charge in [-0.3, -0.25) is 4.79 Å². The monoisotopic (exact) mass is 278 g/mol. The Morgan fingerprint density at radius 3 is 2.63 bits per heavy atom. The van der Waals surface area contributed by atoms with E-state index >= 15 is 0 Å². The quantitative estimate of drug-likeness (QED) is 0.653. The van der Waals surface area contributed by atoms with Crippen LogP contribution in [0.3, 0.4) is 0 Å². The number of Topliss-reactive ketones (excluding diaryl/α,β-unsaturated/α-hetero) is 1. The fraction of sp³-hybridized carbons (Fsp3) is 0.706. The lowest BCUT2D eigenvalue weighted by Crippen LogP contribution is -2.14. The summed E-state index contributed by atoms with van der Waals surface area (Å²) in [5, 5.41) is 1.27. The molecule has 0 aromatic rings. The molecule has 0 aliphatic heterocycles. The Kier molecular flexibility index (Phi) is 5.75. The third-order valence-corrected chi connectivity index (χ3v) is 6.00. The van der Waals surface area contributed by atoms with Gasteiger partial charge in [0.2, 0.25) is 0 Å². The molecule has 0 heterocycles. The second kappa shape index (κ2) is 7.33. The van der Waals surface area contributed by atoms with Gasteiger partial charge in [0.15, 0.2) is 5.78 Å². The lowest BCUT2D eigenvalue weighted by Gasteiger charge is -2.24. The van der Waals surface area contributed by atoms with Crippen molar-refractivity contribution in [3.63, 3.8) is 0 Å². The summed E-state index contributed by atoms with van der Waals surface area (Å²) < 4.78 is 0. The Balaban J connectivity index is 1.94.